The standard InChI is InChI=1S/C16H23NO4/c1-3-17(4-2)12-6-5-7-13(10-12)20-11-14-8-9-15(21-14)16(18)19/h5-7,10,14-15H,3-4,8-9,11H2,1-2H3,(H,18,19). The van der Waals surface area contributed by atoms with Crippen molar-refractivity contribution < 1.29 is 19.4 Å². The van der Waals surface area contributed by atoms with Crippen molar-refractivity contribution in [1.29, 1.82) is 0 Å². The normalized spacial score (nSPS) is 21.2. The van der Waals surface area contributed by atoms with E-state index in [9.17, 15) is 4.79 Å². The van der Waals surface area contributed by atoms with Crippen LogP contribution in [0.15, 0.2) is 24.3 Å². The SMILES string of the molecule is CCN(CC)c1cccc(OCC2CCC(C(=O)O)O2)c1. The van der Waals surface area contributed by atoms with Gasteiger partial charge < -0.3 is 19.5 Å². The predicted octanol–water partition coefficient (Wildman–Crippen LogP) is 2.54. The fourth-order valence-electron chi connectivity index (χ4n) is 2.56. The van der Waals surface area contributed by atoms with Gasteiger partial charge in [-0.25, -0.2) is 4.79 Å². The van der Waals surface area contributed by atoms with Gasteiger partial charge in [0.05, 0.1) is 6.10 Å². The molecule has 5 nitrogen and oxygen atoms in total. The molecule has 0 bridgehead atoms. The first-order valence-electron chi connectivity index (χ1n) is 7.50. The van der Waals surface area contributed by atoms with Gasteiger partial charge in [0, 0.05) is 24.8 Å². The van der Waals surface area contributed by atoms with Crippen molar-refractivity contribution in [3.8, 4) is 5.75 Å². The van der Waals surface area contributed by atoms with Crippen LogP contribution in [-0.2, 0) is 9.53 Å². The van der Waals surface area contributed by atoms with Gasteiger partial charge in [0.15, 0.2) is 6.10 Å². The number of rotatable bonds is 7. The highest BCUT2D eigenvalue weighted by Crippen LogP contribution is 2.24. The van der Waals surface area contributed by atoms with Crippen LogP contribution < -0.4 is 9.64 Å². The van der Waals surface area contributed by atoms with E-state index < -0.39 is 12.1 Å². The number of carbonyl (C=O) groups is 1. The summed E-state index contributed by atoms with van der Waals surface area (Å²) in [6.07, 6.45) is 0.471. The second-order valence-corrected chi connectivity index (χ2v) is 5.14. The van der Waals surface area contributed by atoms with Crippen LogP contribution >= 0.6 is 0 Å². The first kappa shape index (κ1) is 15.6. The highest BCUT2D eigenvalue weighted by atomic mass is 16.6. The van der Waals surface area contributed by atoms with Crippen LogP contribution in [0.4, 0.5) is 5.69 Å². The van der Waals surface area contributed by atoms with Crippen molar-refractivity contribution in [3.05, 3.63) is 24.3 Å². The van der Waals surface area contributed by atoms with Crippen molar-refractivity contribution in [2.24, 2.45) is 0 Å². The van der Waals surface area contributed by atoms with Gasteiger partial charge in [0.2, 0.25) is 0 Å². The van der Waals surface area contributed by atoms with Crippen LogP contribution in [0.25, 0.3) is 0 Å². The van der Waals surface area contributed by atoms with Crippen LogP contribution in [0, 0.1) is 0 Å². The molecule has 1 aliphatic rings. The van der Waals surface area contributed by atoms with Crippen LogP contribution in [-0.4, -0.2) is 43.0 Å². The zero-order chi connectivity index (χ0) is 15.2. The first-order chi connectivity index (χ1) is 10.1. The Bertz CT molecular complexity index is 473. The summed E-state index contributed by atoms with van der Waals surface area (Å²) in [6.45, 7) is 6.54. The molecule has 2 atom stereocenters. The van der Waals surface area contributed by atoms with Crippen molar-refractivity contribution in [2.45, 2.75) is 38.9 Å². The van der Waals surface area contributed by atoms with Crippen molar-refractivity contribution in [1.82, 2.24) is 0 Å². The lowest BCUT2D eigenvalue weighted by atomic mass is 10.2. The quantitative estimate of drug-likeness (QED) is 0.837. The fraction of sp³-hybridized carbons (Fsp3) is 0.562. The lowest BCUT2D eigenvalue weighted by molar-refractivity contribution is -0.149. The van der Waals surface area contributed by atoms with Crippen molar-refractivity contribution in [3.63, 3.8) is 0 Å². The van der Waals surface area contributed by atoms with Crippen LogP contribution in [0.5, 0.6) is 5.75 Å². The smallest absolute Gasteiger partial charge is 0.332 e. The molecule has 0 amide bonds. The van der Waals surface area contributed by atoms with E-state index in [-0.39, 0.29) is 6.10 Å². The molecule has 1 aromatic carbocycles. The third-order valence-electron chi connectivity index (χ3n) is 3.77. The van der Waals surface area contributed by atoms with Gasteiger partial charge in [0.25, 0.3) is 0 Å². The van der Waals surface area contributed by atoms with Gasteiger partial charge >= 0.3 is 5.97 Å². The molecule has 1 aromatic rings. The predicted molar refractivity (Wildman–Crippen MR) is 81.0 cm³/mol. The summed E-state index contributed by atoms with van der Waals surface area (Å²) < 4.78 is 11.2. The largest absolute Gasteiger partial charge is 0.491 e. The second kappa shape index (κ2) is 7.31. The molecule has 1 aliphatic heterocycles. The number of nitrogens with zero attached hydrogens (tertiary/aromatic N) is 1. The maximum atomic E-state index is 10.8. The Labute approximate surface area is 125 Å². The van der Waals surface area contributed by atoms with Gasteiger partial charge in [-0.05, 0) is 38.8 Å². The number of carboxylic acids is 1. The molecule has 21 heavy (non-hydrogen) atoms. The third-order valence-corrected chi connectivity index (χ3v) is 3.77. The Morgan fingerprint density at radius 3 is 2.76 bits per heavy atom. The monoisotopic (exact) mass is 293 g/mol. The van der Waals surface area contributed by atoms with E-state index in [1.54, 1.807) is 0 Å². The maximum Gasteiger partial charge on any atom is 0.332 e. The molecular formula is C16H23NO4. The minimum atomic E-state index is -0.888. The molecule has 0 aromatic heterocycles. The van der Waals surface area contributed by atoms with Gasteiger partial charge in [-0.15, -0.1) is 0 Å². The Hall–Kier alpha value is -1.75. The number of anilines is 1. The molecule has 0 radical (unpaired) electrons. The molecule has 0 spiro atoms. The van der Waals surface area contributed by atoms with Gasteiger partial charge in [-0.2, -0.15) is 0 Å². The zero-order valence-electron chi connectivity index (χ0n) is 12.6. The summed E-state index contributed by atoms with van der Waals surface area (Å²) in [5.41, 5.74) is 1.13. The van der Waals surface area contributed by atoms with Gasteiger partial charge in [-0.1, -0.05) is 6.07 Å². The molecule has 5 heteroatoms. The lowest BCUT2D eigenvalue weighted by Gasteiger charge is -2.21. The summed E-state index contributed by atoms with van der Waals surface area (Å²) in [5.74, 6) is -0.0946. The average molecular weight is 293 g/mol. The van der Waals surface area contributed by atoms with E-state index in [0.29, 0.717) is 13.0 Å². The molecule has 1 fully saturated rings. The van der Waals surface area contributed by atoms with Gasteiger partial charge in [0.1, 0.15) is 12.4 Å². The van der Waals surface area contributed by atoms with E-state index >= 15 is 0 Å². The van der Waals surface area contributed by atoms with Crippen LogP contribution in [0.3, 0.4) is 0 Å². The Kier molecular flexibility index (Phi) is 5.44. The molecule has 0 saturated carbocycles. The minimum absolute atomic E-state index is 0.136. The van der Waals surface area contributed by atoms with Gasteiger partial charge in [-0.3, -0.25) is 0 Å². The summed E-state index contributed by atoms with van der Waals surface area (Å²) in [7, 11) is 0. The van der Waals surface area contributed by atoms with E-state index in [4.69, 9.17) is 14.6 Å². The average Bonchev–Trinajstić information content (AvgIpc) is 2.96. The van der Waals surface area contributed by atoms with E-state index in [1.807, 2.05) is 18.2 Å². The Morgan fingerprint density at radius 1 is 1.38 bits per heavy atom. The summed E-state index contributed by atoms with van der Waals surface area (Å²) in [5, 5.41) is 8.90. The van der Waals surface area contributed by atoms with Crippen molar-refractivity contribution >= 4 is 11.7 Å². The molecule has 2 unspecified atom stereocenters. The van der Waals surface area contributed by atoms with Crippen molar-refractivity contribution in [2.75, 3.05) is 24.6 Å². The number of benzene rings is 1. The topological polar surface area (TPSA) is 59.0 Å². The molecule has 116 valence electrons. The first-order valence-corrected chi connectivity index (χ1v) is 7.50. The maximum absolute atomic E-state index is 10.8. The second-order valence-electron chi connectivity index (χ2n) is 5.14. The molecule has 1 heterocycles. The number of aliphatic carboxylic acids is 1. The molecule has 1 N–H and O–H groups in total. The fourth-order valence-corrected chi connectivity index (χ4v) is 2.56. The molecule has 2 rings (SSSR count). The minimum Gasteiger partial charge on any atom is -0.491 e. The van der Waals surface area contributed by atoms with E-state index in [0.717, 1.165) is 30.9 Å². The number of ether oxygens (including phenoxy) is 2. The number of hydrogen-bond acceptors (Lipinski definition) is 4. The highest BCUT2D eigenvalue weighted by Gasteiger charge is 2.30. The van der Waals surface area contributed by atoms with E-state index in [1.165, 1.54) is 0 Å². The summed E-state index contributed by atoms with van der Waals surface area (Å²) >= 11 is 0. The summed E-state index contributed by atoms with van der Waals surface area (Å²) in [6, 6.07) is 7.96. The zero-order valence-corrected chi connectivity index (χ0v) is 12.6. The van der Waals surface area contributed by atoms with Crippen LogP contribution in [0.1, 0.15) is 26.7 Å². The molecule has 1 saturated heterocycles. The molecule has 0 aliphatic carbocycles. The Balaban J connectivity index is 1.89. The number of carboxylic acid groups (broad SMARTS) is 1. The summed E-state index contributed by atoms with van der Waals surface area (Å²) in [4.78, 5) is 13.1. The van der Waals surface area contributed by atoms with Crippen LogP contribution in [0.2, 0.25) is 0 Å². The van der Waals surface area contributed by atoms with E-state index in [2.05, 4.69) is 24.8 Å². The lowest BCUT2D eigenvalue weighted by Crippen LogP contribution is -2.24. The third kappa shape index (κ3) is 4.11. The Morgan fingerprint density at radius 2 is 2.14 bits per heavy atom. The number of hydrogen-bond donors (Lipinski definition) is 1. The molecular weight excluding hydrogens is 270 g/mol. The highest BCUT2D eigenvalue weighted by molar-refractivity contribution is 5.72.